The highest BCUT2D eigenvalue weighted by Crippen LogP contribution is 2.28. The van der Waals surface area contributed by atoms with Crippen LogP contribution in [0.15, 0.2) is 48.5 Å². The first-order chi connectivity index (χ1) is 10.7. The maximum Gasteiger partial charge on any atom is 0.206 e. The summed E-state index contributed by atoms with van der Waals surface area (Å²) in [5.41, 5.74) is 4.74. The summed E-state index contributed by atoms with van der Waals surface area (Å²) in [6.45, 7) is 5.14. The van der Waals surface area contributed by atoms with Crippen LogP contribution in [0.5, 0.6) is 0 Å². The summed E-state index contributed by atoms with van der Waals surface area (Å²) in [5, 5.41) is 8.22. The molecule has 0 saturated carbocycles. The second-order valence-corrected chi connectivity index (χ2v) is 4.96. The van der Waals surface area contributed by atoms with E-state index >= 15 is 0 Å². The Hall–Kier alpha value is -2.62. The molecule has 0 fully saturated rings. The molecule has 1 aromatic heterocycles. The smallest absolute Gasteiger partial charge is 0.206 e. The highest BCUT2D eigenvalue weighted by molar-refractivity contribution is 5.93. The summed E-state index contributed by atoms with van der Waals surface area (Å²) in [5.74, 6) is 0. The molecule has 0 bridgehead atoms. The molecule has 0 spiro atoms. The highest BCUT2D eigenvalue weighted by atomic mass is 16.1. The number of benzene rings is 2. The van der Waals surface area contributed by atoms with E-state index in [4.69, 9.17) is 9.89 Å². The van der Waals surface area contributed by atoms with Crippen molar-refractivity contribution in [1.82, 2.24) is 15.1 Å². The van der Waals surface area contributed by atoms with Crippen LogP contribution in [0, 0.1) is 6.92 Å². The standard InChI is InChI=1S/C16H16N2.C2H5NO/c1-3-18-15-10-9-12(2)11-14(15)16(17-18)13-7-5-4-6-8-13;1-3-2-4/h4-11H,3H2,1-2H3;2H,1H3,(H,3,4). The number of hydrogen-bond donors (Lipinski definition) is 1. The number of rotatable bonds is 3. The van der Waals surface area contributed by atoms with Crippen LogP contribution in [-0.2, 0) is 11.3 Å². The van der Waals surface area contributed by atoms with Gasteiger partial charge in [0.2, 0.25) is 6.41 Å². The molecule has 0 aliphatic heterocycles. The molecule has 0 saturated heterocycles. The second kappa shape index (κ2) is 7.41. The lowest BCUT2D eigenvalue weighted by molar-refractivity contribution is -0.109. The van der Waals surface area contributed by atoms with Gasteiger partial charge in [-0.3, -0.25) is 9.48 Å². The van der Waals surface area contributed by atoms with Gasteiger partial charge in [-0.05, 0) is 26.0 Å². The molecule has 1 N–H and O–H groups in total. The van der Waals surface area contributed by atoms with Crippen LogP contribution >= 0.6 is 0 Å². The average Bonchev–Trinajstić information content (AvgIpc) is 2.93. The van der Waals surface area contributed by atoms with Crippen LogP contribution in [0.2, 0.25) is 0 Å². The fourth-order valence-corrected chi connectivity index (χ4v) is 2.34. The first kappa shape index (κ1) is 15.8. The van der Waals surface area contributed by atoms with E-state index in [1.165, 1.54) is 22.0 Å². The first-order valence-electron chi connectivity index (χ1n) is 7.34. The van der Waals surface area contributed by atoms with E-state index in [-0.39, 0.29) is 0 Å². The topological polar surface area (TPSA) is 46.9 Å². The molecule has 4 nitrogen and oxygen atoms in total. The minimum atomic E-state index is 0.625. The Morgan fingerprint density at radius 3 is 2.45 bits per heavy atom. The van der Waals surface area contributed by atoms with Gasteiger partial charge < -0.3 is 5.32 Å². The number of hydrogen-bond acceptors (Lipinski definition) is 2. The second-order valence-electron chi connectivity index (χ2n) is 4.96. The van der Waals surface area contributed by atoms with E-state index in [1.807, 2.05) is 6.07 Å². The van der Waals surface area contributed by atoms with Gasteiger partial charge in [0.25, 0.3) is 0 Å². The van der Waals surface area contributed by atoms with Crippen LogP contribution in [0.4, 0.5) is 0 Å². The third kappa shape index (κ3) is 3.34. The molecule has 22 heavy (non-hydrogen) atoms. The van der Waals surface area contributed by atoms with Crippen molar-refractivity contribution in [2.45, 2.75) is 20.4 Å². The Balaban J connectivity index is 0.000000396. The molecule has 1 heterocycles. The Morgan fingerprint density at radius 2 is 1.86 bits per heavy atom. The zero-order valence-electron chi connectivity index (χ0n) is 13.2. The van der Waals surface area contributed by atoms with Crippen molar-refractivity contribution in [1.29, 1.82) is 0 Å². The van der Waals surface area contributed by atoms with Crippen molar-refractivity contribution in [3.63, 3.8) is 0 Å². The molecule has 0 atom stereocenters. The van der Waals surface area contributed by atoms with Crippen LogP contribution in [0.3, 0.4) is 0 Å². The third-order valence-corrected chi connectivity index (χ3v) is 3.37. The van der Waals surface area contributed by atoms with Crippen LogP contribution in [0.25, 0.3) is 22.2 Å². The quantitative estimate of drug-likeness (QED) is 0.753. The van der Waals surface area contributed by atoms with E-state index in [0.717, 1.165) is 12.2 Å². The van der Waals surface area contributed by atoms with Crippen LogP contribution < -0.4 is 5.32 Å². The molecule has 3 aromatic rings. The number of nitrogens with one attached hydrogen (secondary N) is 1. The molecule has 0 aliphatic carbocycles. The van der Waals surface area contributed by atoms with Gasteiger partial charge in [0.05, 0.1) is 5.52 Å². The van der Waals surface area contributed by atoms with E-state index in [1.54, 1.807) is 7.05 Å². The van der Waals surface area contributed by atoms with Gasteiger partial charge >= 0.3 is 0 Å². The third-order valence-electron chi connectivity index (χ3n) is 3.37. The largest absolute Gasteiger partial charge is 0.362 e. The summed E-state index contributed by atoms with van der Waals surface area (Å²) < 4.78 is 2.07. The number of nitrogens with zero attached hydrogens (tertiary/aromatic N) is 2. The molecular weight excluding hydrogens is 274 g/mol. The maximum atomic E-state index is 9.06. The van der Waals surface area contributed by atoms with Gasteiger partial charge in [0.15, 0.2) is 0 Å². The first-order valence-corrected chi connectivity index (χ1v) is 7.34. The van der Waals surface area contributed by atoms with E-state index in [2.05, 4.69) is 66.3 Å². The van der Waals surface area contributed by atoms with Gasteiger partial charge in [-0.1, -0.05) is 42.0 Å². The average molecular weight is 295 g/mol. The zero-order chi connectivity index (χ0) is 15.9. The van der Waals surface area contributed by atoms with Gasteiger partial charge in [-0.15, -0.1) is 0 Å². The predicted molar refractivity (Wildman–Crippen MR) is 90.7 cm³/mol. The minimum Gasteiger partial charge on any atom is -0.362 e. The van der Waals surface area contributed by atoms with Gasteiger partial charge in [0, 0.05) is 24.5 Å². The molecule has 1 amide bonds. The highest BCUT2D eigenvalue weighted by Gasteiger charge is 2.11. The number of fused-ring (bicyclic) bond motifs is 1. The summed E-state index contributed by atoms with van der Waals surface area (Å²) in [4.78, 5) is 9.06. The predicted octanol–water partition coefficient (Wildman–Crippen LogP) is 3.39. The summed E-state index contributed by atoms with van der Waals surface area (Å²) in [6, 6.07) is 16.9. The summed E-state index contributed by atoms with van der Waals surface area (Å²) >= 11 is 0. The van der Waals surface area contributed by atoms with E-state index < -0.39 is 0 Å². The van der Waals surface area contributed by atoms with E-state index in [0.29, 0.717) is 6.41 Å². The Labute approximate surface area is 130 Å². The Bertz CT molecular complexity index is 748. The van der Waals surface area contributed by atoms with Crippen LogP contribution in [0.1, 0.15) is 12.5 Å². The number of carbonyl (C=O) groups is 1. The minimum absolute atomic E-state index is 0.625. The van der Waals surface area contributed by atoms with E-state index in [9.17, 15) is 0 Å². The van der Waals surface area contributed by atoms with Crippen molar-refractivity contribution >= 4 is 17.3 Å². The normalized spacial score (nSPS) is 9.95. The number of aromatic nitrogens is 2. The van der Waals surface area contributed by atoms with Gasteiger partial charge in [-0.25, -0.2) is 0 Å². The molecule has 0 unspecified atom stereocenters. The van der Waals surface area contributed by atoms with Crippen LogP contribution in [-0.4, -0.2) is 23.2 Å². The monoisotopic (exact) mass is 295 g/mol. The molecular formula is C18H21N3O. The summed E-state index contributed by atoms with van der Waals surface area (Å²) in [6.07, 6.45) is 0.625. The lowest BCUT2D eigenvalue weighted by Crippen LogP contribution is -1.98. The number of aryl methyl sites for hydroxylation is 2. The Morgan fingerprint density at radius 1 is 1.18 bits per heavy atom. The lowest BCUT2D eigenvalue weighted by atomic mass is 10.1. The zero-order valence-corrected chi connectivity index (χ0v) is 13.2. The van der Waals surface area contributed by atoms with Crippen molar-refractivity contribution in [3.05, 3.63) is 54.1 Å². The van der Waals surface area contributed by atoms with Crippen molar-refractivity contribution < 1.29 is 4.79 Å². The fraction of sp³-hybridized carbons (Fsp3) is 0.222. The molecule has 0 aliphatic rings. The van der Waals surface area contributed by atoms with Crippen molar-refractivity contribution in [2.75, 3.05) is 7.05 Å². The number of amides is 1. The molecule has 114 valence electrons. The molecule has 2 aromatic carbocycles. The maximum absolute atomic E-state index is 9.06. The Kier molecular flexibility index (Phi) is 5.31. The van der Waals surface area contributed by atoms with Crippen molar-refractivity contribution in [3.8, 4) is 11.3 Å². The molecule has 4 heteroatoms. The molecule has 3 rings (SSSR count). The van der Waals surface area contributed by atoms with Gasteiger partial charge in [0.1, 0.15) is 5.69 Å². The molecule has 0 radical (unpaired) electrons. The SMILES string of the molecule is CCn1nc(-c2ccccc2)c2cc(C)ccc21.CNC=O. The lowest BCUT2D eigenvalue weighted by Gasteiger charge is -1.98. The number of carbonyl (C=O) groups excluding carboxylic acids is 1. The van der Waals surface area contributed by atoms with Crippen molar-refractivity contribution in [2.24, 2.45) is 0 Å². The fourth-order valence-electron chi connectivity index (χ4n) is 2.34. The summed E-state index contributed by atoms with van der Waals surface area (Å²) in [7, 11) is 1.56. The van der Waals surface area contributed by atoms with Gasteiger partial charge in [-0.2, -0.15) is 5.10 Å².